The number of carbonyl (C=O) groups excluding carboxylic acids is 3. The van der Waals surface area contributed by atoms with E-state index in [2.05, 4.69) is 17.2 Å². The second-order valence-electron chi connectivity index (χ2n) is 5.80. The van der Waals surface area contributed by atoms with Gasteiger partial charge < -0.3 is 20.1 Å². The number of alkyl carbamates (subject to hydrolysis) is 1. The van der Waals surface area contributed by atoms with Crippen LogP contribution in [-0.4, -0.2) is 36.7 Å². The van der Waals surface area contributed by atoms with Gasteiger partial charge in [-0.15, -0.1) is 0 Å². The van der Waals surface area contributed by atoms with Crippen LogP contribution in [0.1, 0.15) is 41.0 Å². The van der Waals surface area contributed by atoms with Crippen molar-refractivity contribution in [2.24, 2.45) is 0 Å². The van der Waals surface area contributed by atoms with Crippen molar-refractivity contribution in [3.05, 3.63) is 23.9 Å². The first-order chi connectivity index (χ1) is 10.6. The van der Waals surface area contributed by atoms with Gasteiger partial charge in [0.05, 0.1) is 0 Å². The molecule has 2 amide bonds. The van der Waals surface area contributed by atoms with Gasteiger partial charge in [-0.3, -0.25) is 4.79 Å². The predicted molar refractivity (Wildman–Crippen MR) is 86.5 cm³/mol. The topological polar surface area (TPSA) is 93.7 Å². The maximum absolute atomic E-state index is 11.9. The Morgan fingerprint density at radius 1 is 1.22 bits per heavy atom. The average Bonchev–Trinajstić information content (AvgIpc) is 2.45. The van der Waals surface area contributed by atoms with Crippen LogP contribution in [0.25, 0.3) is 0 Å². The SMILES string of the molecule is C=CCOC(=O)/C(NC(=O)CNC(=O)OC(C)(C)C)=C(/C)CC. The summed E-state index contributed by atoms with van der Waals surface area (Å²) in [5.41, 5.74) is 0.0915. The molecule has 0 radical (unpaired) electrons. The summed E-state index contributed by atoms with van der Waals surface area (Å²) < 4.78 is 9.94. The second-order valence-corrected chi connectivity index (χ2v) is 5.80. The Labute approximate surface area is 137 Å². The molecule has 0 fully saturated rings. The largest absolute Gasteiger partial charge is 0.457 e. The first kappa shape index (κ1) is 20.7. The quantitative estimate of drug-likeness (QED) is 0.424. The molecule has 2 N–H and O–H groups in total. The van der Waals surface area contributed by atoms with Crippen molar-refractivity contribution >= 4 is 18.0 Å². The van der Waals surface area contributed by atoms with E-state index < -0.39 is 23.6 Å². The van der Waals surface area contributed by atoms with Crippen LogP contribution in [0.2, 0.25) is 0 Å². The van der Waals surface area contributed by atoms with E-state index in [1.54, 1.807) is 27.7 Å². The molecule has 0 saturated heterocycles. The molecule has 0 saturated carbocycles. The molecule has 0 aromatic heterocycles. The normalized spacial score (nSPS) is 11.9. The standard InChI is InChI=1S/C16H26N2O5/c1-7-9-22-14(20)13(11(3)8-2)18-12(19)10-17-15(21)23-16(4,5)6/h7H,1,8-10H2,2-6H3,(H,17,21)(H,18,19)/b13-11+. The van der Waals surface area contributed by atoms with E-state index in [4.69, 9.17) is 9.47 Å². The van der Waals surface area contributed by atoms with E-state index >= 15 is 0 Å². The Hall–Kier alpha value is -2.31. The number of allylic oxidation sites excluding steroid dienone is 1. The Bertz CT molecular complexity index is 489. The van der Waals surface area contributed by atoms with E-state index in [-0.39, 0.29) is 18.8 Å². The average molecular weight is 326 g/mol. The highest BCUT2D eigenvalue weighted by molar-refractivity contribution is 5.95. The molecule has 7 nitrogen and oxygen atoms in total. The van der Waals surface area contributed by atoms with Crippen LogP contribution in [0.15, 0.2) is 23.9 Å². The number of nitrogens with one attached hydrogen (secondary N) is 2. The van der Waals surface area contributed by atoms with Gasteiger partial charge in [0.2, 0.25) is 5.91 Å². The molecule has 0 aliphatic heterocycles. The number of esters is 1. The molecule has 0 unspecified atom stereocenters. The number of rotatable bonds is 7. The molecule has 0 rings (SSSR count). The predicted octanol–water partition coefficient (Wildman–Crippen LogP) is 2.04. The molecule has 23 heavy (non-hydrogen) atoms. The third kappa shape index (κ3) is 9.34. The van der Waals surface area contributed by atoms with Gasteiger partial charge in [0.25, 0.3) is 0 Å². The molecular formula is C16H26N2O5. The highest BCUT2D eigenvalue weighted by atomic mass is 16.6. The highest BCUT2D eigenvalue weighted by Gasteiger charge is 2.19. The zero-order valence-corrected chi connectivity index (χ0v) is 14.4. The third-order valence-electron chi connectivity index (χ3n) is 2.55. The fraction of sp³-hybridized carbons (Fsp3) is 0.562. The van der Waals surface area contributed by atoms with Gasteiger partial charge in [0, 0.05) is 0 Å². The molecule has 0 spiro atoms. The molecular weight excluding hydrogens is 300 g/mol. The lowest BCUT2D eigenvalue weighted by Gasteiger charge is -2.19. The van der Waals surface area contributed by atoms with Crippen molar-refractivity contribution in [1.29, 1.82) is 0 Å². The zero-order chi connectivity index (χ0) is 18.0. The van der Waals surface area contributed by atoms with Crippen molar-refractivity contribution in [3.63, 3.8) is 0 Å². The van der Waals surface area contributed by atoms with Crippen LogP contribution in [0.3, 0.4) is 0 Å². The fourth-order valence-corrected chi connectivity index (χ4v) is 1.37. The van der Waals surface area contributed by atoms with Crippen LogP contribution < -0.4 is 10.6 Å². The molecule has 0 aromatic rings. The summed E-state index contributed by atoms with van der Waals surface area (Å²) in [7, 11) is 0. The Balaban J connectivity index is 4.65. The minimum absolute atomic E-state index is 0.0470. The number of hydrogen-bond donors (Lipinski definition) is 2. The van der Waals surface area contributed by atoms with Crippen LogP contribution >= 0.6 is 0 Å². The van der Waals surface area contributed by atoms with Crippen molar-refractivity contribution in [2.45, 2.75) is 46.6 Å². The van der Waals surface area contributed by atoms with Gasteiger partial charge in [-0.25, -0.2) is 9.59 Å². The monoisotopic (exact) mass is 326 g/mol. The molecule has 7 heteroatoms. The summed E-state index contributed by atoms with van der Waals surface area (Å²) in [6.45, 7) is 11.9. The summed E-state index contributed by atoms with van der Waals surface area (Å²) in [6.07, 6.45) is 1.29. The summed E-state index contributed by atoms with van der Waals surface area (Å²) in [5.74, 6) is -1.19. The lowest BCUT2D eigenvalue weighted by molar-refractivity contribution is -0.139. The Morgan fingerprint density at radius 3 is 2.30 bits per heavy atom. The van der Waals surface area contributed by atoms with Crippen molar-refractivity contribution in [2.75, 3.05) is 13.2 Å². The van der Waals surface area contributed by atoms with E-state index in [0.29, 0.717) is 12.0 Å². The van der Waals surface area contributed by atoms with E-state index in [9.17, 15) is 14.4 Å². The molecule has 0 atom stereocenters. The van der Waals surface area contributed by atoms with Crippen LogP contribution in [0.4, 0.5) is 4.79 Å². The van der Waals surface area contributed by atoms with Gasteiger partial charge in [-0.1, -0.05) is 19.6 Å². The maximum atomic E-state index is 11.9. The van der Waals surface area contributed by atoms with Crippen molar-refractivity contribution < 1.29 is 23.9 Å². The van der Waals surface area contributed by atoms with Gasteiger partial charge >= 0.3 is 12.1 Å². The second kappa shape index (κ2) is 9.66. The molecule has 130 valence electrons. The first-order valence-electron chi connectivity index (χ1n) is 7.35. The Kier molecular flexibility index (Phi) is 8.69. The number of carbonyl (C=O) groups is 3. The lowest BCUT2D eigenvalue weighted by atomic mass is 10.2. The molecule has 0 bridgehead atoms. The Morgan fingerprint density at radius 2 is 1.83 bits per heavy atom. The van der Waals surface area contributed by atoms with E-state index in [1.165, 1.54) is 6.08 Å². The minimum Gasteiger partial charge on any atom is -0.457 e. The van der Waals surface area contributed by atoms with Crippen molar-refractivity contribution in [3.8, 4) is 0 Å². The molecule has 0 aliphatic carbocycles. The van der Waals surface area contributed by atoms with Crippen LogP contribution in [-0.2, 0) is 19.1 Å². The molecule has 0 aromatic carbocycles. The van der Waals surface area contributed by atoms with Gasteiger partial charge in [-0.2, -0.15) is 0 Å². The van der Waals surface area contributed by atoms with Gasteiger partial charge in [0.1, 0.15) is 24.4 Å². The zero-order valence-electron chi connectivity index (χ0n) is 14.4. The lowest BCUT2D eigenvalue weighted by Crippen LogP contribution is -2.40. The van der Waals surface area contributed by atoms with E-state index in [0.717, 1.165) is 0 Å². The van der Waals surface area contributed by atoms with Gasteiger partial charge in [0.15, 0.2) is 0 Å². The summed E-state index contributed by atoms with van der Waals surface area (Å²) >= 11 is 0. The van der Waals surface area contributed by atoms with Crippen molar-refractivity contribution in [1.82, 2.24) is 10.6 Å². The number of ether oxygens (including phenoxy) is 2. The fourth-order valence-electron chi connectivity index (χ4n) is 1.37. The summed E-state index contributed by atoms with van der Waals surface area (Å²) in [4.78, 5) is 35.3. The smallest absolute Gasteiger partial charge is 0.408 e. The maximum Gasteiger partial charge on any atom is 0.408 e. The minimum atomic E-state index is -0.709. The van der Waals surface area contributed by atoms with Crippen LogP contribution in [0, 0.1) is 0 Å². The summed E-state index contributed by atoms with van der Waals surface area (Å²) in [5, 5.41) is 4.78. The molecule has 0 aliphatic rings. The first-order valence-corrected chi connectivity index (χ1v) is 7.35. The van der Waals surface area contributed by atoms with Gasteiger partial charge in [-0.05, 0) is 39.7 Å². The highest BCUT2D eigenvalue weighted by Crippen LogP contribution is 2.08. The summed E-state index contributed by atoms with van der Waals surface area (Å²) in [6, 6.07) is 0. The third-order valence-corrected chi connectivity index (χ3v) is 2.55. The number of amides is 2. The van der Waals surface area contributed by atoms with Crippen LogP contribution in [0.5, 0.6) is 0 Å². The molecule has 0 heterocycles. The number of hydrogen-bond acceptors (Lipinski definition) is 5. The van der Waals surface area contributed by atoms with E-state index in [1.807, 2.05) is 6.92 Å².